The van der Waals surface area contributed by atoms with E-state index in [4.69, 9.17) is 14.6 Å². The maximum Gasteiger partial charge on any atom is 0.274 e. The standard InChI is InChI=1S/C12H16N2O6S/c1-19-12-10(20-5-4-8-2-3-8)6-9(14(15)16)7-11(12)21(13,17)18/h6-8H,2-5H2,1H3,(H2,13,17,18). The van der Waals surface area contributed by atoms with Gasteiger partial charge in [0.25, 0.3) is 5.69 Å². The predicted molar refractivity (Wildman–Crippen MR) is 73.9 cm³/mol. The zero-order valence-electron chi connectivity index (χ0n) is 11.4. The SMILES string of the molecule is COc1c(OCCC2CC2)cc([N+](=O)[O-])cc1S(N)(=O)=O. The number of non-ortho nitro benzene ring substituents is 1. The first-order valence-corrected chi connectivity index (χ1v) is 7.89. The molecule has 0 bridgehead atoms. The normalized spacial score (nSPS) is 14.8. The highest BCUT2D eigenvalue weighted by molar-refractivity contribution is 7.89. The number of nitrogens with two attached hydrogens (primary N) is 1. The number of hydrogen-bond acceptors (Lipinski definition) is 6. The molecule has 9 heteroatoms. The summed E-state index contributed by atoms with van der Waals surface area (Å²) in [6, 6.07) is 2.00. The lowest BCUT2D eigenvalue weighted by molar-refractivity contribution is -0.385. The molecule has 0 heterocycles. The van der Waals surface area contributed by atoms with Crippen molar-refractivity contribution >= 4 is 15.7 Å². The zero-order chi connectivity index (χ0) is 15.6. The molecule has 1 aliphatic rings. The Bertz CT molecular complexity index is 654. The lowest BCUT2D eigenvalue weighted by atomic mass is 10.2. The second kappa shape index (κ2) is 5.86. The monoisotopic (exact) mass is 316 g/mol. The Hall–Kier alpha value is -1.87. The van der Waals surface area contributed by atoms with Crippen LogP contribution in [-0.2, 0) is 10.0 Å². The Morgan fingerprint density at radius 2 is 2.10 bits per heavy atom. The molecule has 1 fully saturated rings. The molecule has 0 saturated heterocycles. The lowest BCUT2D eigenvalue weighted by Crippen LogP contribution is -2.14. The molecular weight excluding hydrogens is 300 g/mol. The van der Waals surface area contributed by atoms with Gasteiger partial charge in [0.2, 0.25) is 10.0 Å². The van der Waals surface area contributed by atoms with Gasteiger partial charge in [-0.25, -0.2) is 13.6 Å². The molecule has 1 aliphatic carbocycles. The molecule has 0 spiro atoms. The van der Waals surface area contributed by atoms with Gasteiger partial charge in [-0.05, 0) is 12.3 Å². The van der Waals surface area contributed by atoms with E-state index in [1.165, 1.54) is 7.11 Å². The van der Waals surface area contributed by atoms with Crippen LogP contribution in [0.25, 0.3) is 0 Å². The molecule has 2 N–H and O–H groups in total. The number of ether oxygens (including phenoxy) is 2. The predicted octanol–water partition coefficient (Wildman–Crippen LogP) is 1.43. The summed E-state index contributed by atoms with van der Waals surface area (Å²) in [6.07, 6.45) is 3.12. The van der Waals surface area contributed by atoms with Crippen LogP contribution in [0, 0.1) is 16.0 Å². The smallest absolute Gasteiger partial charge is 0.274 e. The van der Waals surface area contributed by atoms with E-state index in [9.17, 15) is 18.5 Å². The van der Waals surface area contributed by atoms with E-state index in [1.807, 2.05) is 0 Å². The minimum Gasteiger partial charge on any atom is -0.492 e. The van der Waals surface area contributed by atoms with Crippen LogP contribution in [0.4, 0.5) is 5.69 Å². The van der Waals surface area contributed by atoms with E-state index in [2.05, 4.69) is 0 Å². The highest BCUT2D eigenvalue weighted by Crippen LogP contribution is 2.38. The second-order valence-electron chi connectivity index (χ2n) is 4.86. The van der Waals surface area contributed by atoms with E-state index in [-0.39, 0.29) is 11.5 Å². The molecule has 0 amide bonds. The number of benzene rings is 1. The van der Waals surface area contributed by atoms with E-state index in [1.54, 1.807) is 0 Å². The highest BCUT2D eigenvalue weighted by atomic mass is 32.2. The Kier molecular flexibility index (Phi) is 4.33. The minimum absolute atomic E-state index is 0.0105. The van der Waals surface area contributed by atoms with Crippen LogP contribution in [0.3, 0.4) is 0 Å². The number of nitrogens with zero attached hydrogens (tertiary/aromatic N) is 1. The third kappa shape index (κ3) is 3.82. The van der Waals surface area contributed by atoms with E-state index in [0.717, 1.165) is 31.4 Å². The van der Waals surface area contributed by atoms with Gasteiger partial charge in [0.15, 0.2) is 11.5 Å². The van der Waals surface area contributed by atoms with Crippen LogP contribution in [0.15, 0.2) is 17.0 Å². The molecule has 0 aliphatic heterocycles. The molecule has 0 aromatic heterocycles. The van der Waals surface area contributed by atoms with E-state index < -0.39 is 25.5 Å². The van der Waals surface area contributed by atoms with Crippen LogP contribution in [-0.4, -0.2) is 27.1 Å². The van der Waals surface area contributed by atoms with Gasteiger partial charge in [-0.15, -0.1) is 0 Å². The molecule has 0 radical (unpaired) electrons. The second-order valence-corrected chi connectivity index (χ2v) is 6.39. The fraction of sp³-hybridized carbons (Fsp3) is 0.500. The molecule has 1 saturated carbocycles. The summed E-state index contributed by atoms with van der Waals surface area (Å²) in [5.41, 5.74) is -0.416. The minimum atomic E-state index is -4.16. The number of rotatable bonds is 7. The van der Waals surface area contributed by atoms with Crippen molar-refractivity contribution in [2.45, 2.75) is 24.2 Å². The Labute approximate surface area is 122 Å². The third-order valence-corrected chi connectivity index (χ3v) is 4.12. The van der Waals surface area contributed by atoms with Crippen molar-refractivity contribution in [1.29, 1.82) is 0 Å². The van der Waals surface area contributed by atoms with Gasteiger partial charge in [0.1, 0.15) is 4.90 Å². The summed E-state index contributed by atoms with van der Waals surface area (Å²) in [4.78, 5) is 9.73. The third-order valence-electron chi connectivity index (χ3n) is 3.21. The number of nitro groups is 1. The first-order chi connectivity index (χ1) is 9.82. The number of primary sulfonamides is 1. The summed E-state index contributed by atoms with van der Waals surface area (Å²) >= 11 is 0. The summed E-state index contributed by atoms with van der Waals surface area (Å²) in [5, 5.41) is 16.0. The summed E-state index contributed by atoms with van der Waals surface area (Å²) in [6.45, 7) is 0.340. The maximum absolute atomic E-state index is 11.6. The van der Waals surface area contributed by atoms with Crippen molar-refractivity contribution in [3.63, 3.8) is 0 Å². The summed E-state index contributed by atoms with van der Waals surface area (Å²) in [5.74, 6) is 0.516. The average molecular weight is 316 g/mol. The summed E-state index contributed by atoms with van der Waals surface area (Å²) < 4.78 is 33.6. The topological polar surface area (TPSA) is 122 Å². The molecule has 21 heavy (non-hydrogen) atoms. The number of nitro benzene ring substituents is 1. The van der Waals surface area contributed by atoms with Crippen molar-refractivity contribution < 1.29 is 22.8 Å². The van der Waals surface area contributed by atoms with Crippen LogP contribution in [0.2, 0.25) is 0 Å². The zero-order valence-corrected chi connectivity index (χ0v) is 12.3. The first-order valence-electron chi connectivity index (χ1n) is 6.35. The van der Waals surface area contributed by atoms with Crippen LogP contribution >= 0.6 is 0 Å². The fourth-order valence-electron chi connectivity index (χ4n) is 1.93. The Morgan fingerprint density at radius 3 is 2.57 bits per heavy atom. The molecule has 0 atom stereocenters. The number of methoxy groups -OCH3 is 1. The molecule has 1 aromatic carbocycles. The summed E-state index contributed by atoms with van der Waals surface area (Å²) in [7, 11) is -2.91. The first kappa shape index (κ1) is 15.5. The number of hydrogen-bond donors (Lipinski definition) is 1. The Balaban J connectivity index is 2.38. The number of sulfonamides is 1. The lowest BCUT2D eigenvalue weighted by Gasteiger charge is -2.13. The van der Waals surface area contributed by atoms with Crippen LogP contribution < -0.4 is 14.6 Å². The van der Waals surface area contributed by atoms with Gasteiger partial charge in [0.05, 0.1) is 24.7 Å². The largest absolute Gasteiger partial charge is 0.492 e. The van der Waals surface area contributed by atoms with Gasteiger partial charge in [-0.1, -0.05) is 12.8 Å². The van der Waals surface area contributed by atoms with Crippen LogP contribution in [0.5, 0.6) is 11.5 Å². The van der Waals surface area contributed by atoms with Gasteiger partial charge in [-0.2, -0.15) is 0 Å². The average Bonchev–Trinajstić information content (AvgIpc) is 3.20. The van der Waals surface area contributed by atoms with Gasteiger partial charge >= 0.3 is 0 Å². The molecule has 0 unspecified atom stereocenters. The quantitative estimate of drug-likeness (QED) is 0.600. The molecule has 8 nitrogen and oxygen atoms in total. The molecule has 116 valence electrons. The van der Waals surface area contributed by atoms with Gasteiger partial charge in [-0.3, -0.25) is 10.1 Å². The van der Waals surface area contributed by atoms with Crippen molar-refractivity contribution in [3.05, 3.63) is 22.2 Å². The van der Waals surface area contributed by atoms with Gasteiger partial charge < -0.3 is 9.47 Å². The molecular formula is C12H16N2O6S. The van der Waals surface area contributed by atoms with Crippen LogP contribution in [0.1, 0.15) is 19.3 Å². The molecule has 1 aromatic rings. The van der Waals surface area contributed by atoms with Crippen molar-refractivity contribution in [2.75, 3.05) is 13.7 Å². The Morgan fingerprint density at radius 1 is 1.43 bits per heavy atom. The van der Waals surface area contributed by atoms with Crippen molar-refractivity contribution in [1.82, 2.24) is 0 Å². The van der Waals surface area contributed by atoms with Gasteiger partial charge in [0, 0.05) is 6.07 Å². The highest BCUT2D eigenvalue weighted by Gasteiger charge is 2.26. The van der Waals surface area contributed by atoms with E-state index >= 15 is 0 Å². The fourth-order valence-corrected chi connectivity index (χ4v) is 2.66. The van der Waals surface area contributed by atoms with Crippen molar-refractivity contribution in [2.24, 2.45) is 11.1 Å². The van der Waals surface area contributed by atoms with Crippen molar-refractivity contribution in [3.8, 4) is 11.5 Å². The maximum atomic E-state index is 11.6. The molecule has 2 rings (SSSR count). The van der Waals surface area contributed by atoms with E-state index in [0.29, 0.717) is 12.5 Å².